The Morgan fingerprint density at radius 3 is 2.85 bits per heavy atom. The molecule has 0 aliphatic rings. The van der Waals surface area contributed by atoms with E-state index in [1.807, 2.05) is 30.3 Å². The van der Waals surface area contributed by atoms with Crippen LogP contribution >= 0.6 is 0 Å². The van der Waals surface area contributed by atoms with Gasteiger partial charge in [-0.3, -0.25) is 0 Å². The van der Waals surface area contributed by atoms with Crippen molar-refractivity contribution in [2.45, 2.75) is 0 Å². The largest absolute Gasteiger partial charge is 0.493 e. The first-order valence-electron chi connectivity index (χ1n) is 4.03. The monoisotopic (exact) mass is 174 g/mol. The van der Waals surface area contributed by atoms with Crippen LogP contribution in [0.2, 0.25) is 0 Å². The van der Waals surface area contributed by atoms with E-state index in [-0.39, 0.29) is 0 Å². The Morgan fingerprint density at radius 2 is 2.15 bits per heavy atom. The minimum Gasteiger partial charge on any atom is -0.493 e. The van der Waals surface area contributed by atoms with Crippen molar-refractivity contribution in [3.63, 3.8) is 0 Å². The zero-order chi connectivity index (χ0) is 9.26. The normalized spacial score (nSPS) is 10.2. The minimum atomic E-state index is 0.552. The second-order valence-corrected chi connectivity index (χ2v) is 2.78. The number of rotatable bonds is 2. The number of hydrogen-bond acceptors (Lipinski definition) is 2. The van der Waals surface area contributed by atoms with Gasteiger partial charge in [0.2, 0.25) is 0 Å². The maximum Gasteiger partial charge on any atom is 0.169 e. The van der Waals surface area contributed by atoms with Gasteiger partial charge in [0.25, 0.3) is 0 Å². The summed E-state index contributed by atoms with van der Waals surface area (Å²) in [6.45, 7) is 3.72. The van der Waals surface area contributed by atoms with Crippen LogP contribution in [0.15, 0.2) is 41.3 Å². The Hall–Kier alpha value is -1.70. The summed E-state index contributed by atoms with van der Waals surface area (Å²) >= 11 is 0. The zero-order valence-electron chi connectivity index (χ0n) is 7.41. The highest BCUT2D eigenvalue weighted by atomic mass is 16.5. The highest BCUT2D eigenvalue weighted by molar-refractivity contribution is 5.80. The molecule has 0 fully saturated rings. The lowest BCUT2D eigenvalue weighted by atomic mass is 10.2. The predicted octanol–water partition coefficient (Wildman–Crippen LogP) is 3.05. The second kappa shape index (κ2) is 2.98. The van der Waals surface area contributed by atoms with Crippen molar-refractivity contribution in [2.24, 2.45) is 0 Å². The van der Waals surface area contributed by atoms with E-state index in [9.17, 15) is 0 Å². The summed E-state index contributed by atoms with van der Waals surface area (Å²) in [7, 11) is 1.58. The molecule has 13 heavy (non-hydrogen) atoms. The summed E-state index contributed by atoms with van der Waals surface area (Å²) in [6, 6.07) is 9.73. The average molecular weight is 174 g/mol. The third-order valence-corrected chi connectivity index (χ3v) is 1.95. The maximum absolute atomic E-state index is 5.50. The fourth-order valence-electron chi connectivity index (χ4n) is 1.22. The zero-order valence-corrected chi connectivity index (χ0v) is 7.41. The molecule has 0 saturated heterocycles. The number of ether oxygens (including phenoxy) is 1. The summed E-state index contributed by atoms with van der Waals surface area (Å²) < 4.78 is 10.5. The van der Waals surface area contributed by atoms with Gasteiger partial charge < -0.3 is 9.15 Å². The van der Waals surface area contributed by atoms with Gasteiger partial charge in [0.05, 0.1) is 7.11 Å². The van der Waals surface area contributed by atoms with Crippen molar-refractivity contribution in [2.75, 3.05) is 7.11 Å². The molecule has 0 amide bonds. The molecule has 0 unspecified atom stereocenters. The molecule has 0 radical (unpaired) electrons. The first-order chi connectivity index (χ1) is 6.31. The Kier molecular flexibility index (Phi) is 1.81. The second-order valence-electron chi connectivity index (χ2n) is 2.78. The molecular weight excluding hydrogens is 164 g/mol. The van der Waals surface area contributed by atoms with Crippen molar-refractivity contribution in [1.82, 2.24) is 0 Å². The van der Waals surface area contributed by atoms with Gasteiger partial charge in [-0.15, -0.1) is 0 Å². The third kappa shape index (κ3) is 1.31. The molecule has 0 bridgehead atoms. The van der Waals surface area contributed by atoms with Crippen molar-refractivity contribution in [3.05, 3.63) is 42.7 Å². The molecule has 2 heteroatoms. The van der Waals surface area contributed by atoms with E-state index in [1.165, 1.54) is 0 Å². The molecule has 0 spiro atoms. The molecular formula is C11H10O2. The molecule has 0 N–H and O–H groups in total. The van der Waals surface area contributed by atoms with E-state index < -0.39 is 0 Å². The van der Waals surface area contributed by atoms with Gasteiger partial charge in [0.1, 0.15) is 5.58 Å². The molecule has 66 valence electrons. The van der Waals surface area contributed by atoms with Gasteiger partial charge in [-0.05, 0) is 12.1 Å². The van der Waals surface area contributed by atoms with Gasteiger partial charge in [0, 0.05) is 5.39 Å². The lowest BCUT2D eigenvalue weighted by Gasteiger charge is -1.96. The van der Waals surface area contributed by atoms with Crippen molar-refractivity contribution < 1.29 is 9.15 Å². The van der Waals surface area contributed by atoms with Crippen molar-refractivity contribution in [1.29, 1.82) is 0 Å². The summed E-state index contributed by atoms with van der Waals surface area (Å²) in [5.41, 5.74) is 0.857. The quantitative estimate of drug-likeness (QED) is 0.653. The highest BCUT2D eigenvalue weighted by Crippen LogP contribution is 2.23. The van der Waals surface area contributed by atoms with Crippen LogP contribution in [0.5, 0.6) is 0 Å². The van der Waals surface area contributed by atoms with Crippen LogP contribution in [-0.4, -0.2) is 7.11 Å². The first-order valence-corrected chi connectivity index (χ1v) is 4.03. The molecule has 2 aromatic rings. The SMILES string of the molecule is C=C(OC)c1cc2ccccc2o1. The number of hydrogen-bond donors (Lipinski definition) is 0. The van der Waals surface area contributed by atoms with Crippen LogP contribution < -0.4 is 0 Å². The van der Waals surface area contributed by atoms with Crippen LogP contribution in [0.1, 0.15) is 5.76 Å². The number of methoxy groups -OCH3 is 1. The molecule has 1 aromatic heterocycles. The van der Waals surface area contributed by atoms with Crippen LogP contribution in [0, 0.1) is 0 Å². The Morgan fingerprint density at radius 1 is 1.38 bits per heavy atom. The smallest absolute Gasteiger partial charge is 0.169 e. The molecule has 1 aromatic carbocycles. The summed E-state index contributed by atoms with van der Waals surface area (Å²) in [6.07, 6.45) is 0. The van der Waals surface area contributed by atoms with Crippen LogP contribution in [0.3, 0.4) is 0 Å². The summed E-state index contributed by atoms with van der Waals surface area (Å²) in [4.78, 5) is 0. The van der Waals surface area contributed by atoms with E-state index in [1.54, 1.807) is 7.11 Å². The number of furan rings is 1. The first kappa shape index (κ1) is 7.92. The van der Waals surface area contributed by atoms with Crippen LogP contribution in [0.25, 0.3) is 16.7 Å². The molecule has 2 rings (SSSR count). The fraction of sp³-hybridized carbons (Fsp3) is 0.0909. The predicted molar refractivity (Wildman–Crippen MR) is 52.3 cm³/mol. The topological polar surface area (TPSA) is 22.4 Å². The molecule has 1 heterocycles. The van der Waals surface area contributed by atoms with Crippen LogP contribution in [-0.2, 0) is 4.74 Å². The molecule has 0 saturated carbocycles. The summed E-state index contributed by atoms with van der Waals surface area (Å²) in [5.74, 6) is 1.24. The average Bonchev–Trinajstić information content (AvgIpc) is 2.59. The van der Waals surface area contributed by atoms with E-state index in [0.29, 0.717) is 11.5 Å². The van der Waals surface area contributed by atoms with E-state index in [2.05, 4.69) is 6.58 Å². The lowest BCUT2D eigenvalue weighted by molar-refractivity contribution is 0.356. The Labute approximate surface area is 76.4 Å². The van der Waals surface area contributed by atoms with Gasteiger partial charge in [-0.2, -0.15) is 0 Å². The Bertz CT molecular complexity index is 407. The maximum atomic E-state index is 5.50. The van der Waals surface area contributed by atoms with E-state index in [4.69, 9.17) is 9.15 Å². The Balaban J connectivity index is 2.56. The molecule has 0 aliphatic heterocycles. The van der Waals surface area contributed by atoms with Gasteiger partial charge in [0.15, 0.2) is 11.5 Å². The van der Waals surface area contributed by atoms with Crippen molar-refractivity contribution in [3.8, 4) is 0 Å². The number of para-hydroxylation sites is 1. The third-order valence-electron chi connectivity index (χ3n) is 1.95. The highest BCUT2D eigenvalue weighted by Gasteiger charge is 2.05. The standard InChI is InChI=1S/C11H10O2/c1-8(12-2)11-7-9-5-3-4-6-10(9)13-11/h3-7H,1H2,2H3. The molecule has 2 nitrogen and oxygen atoms in total. The summed E-state index contributed by atoms with van der Waals surface area (Å²) in [5, 5.41) is 1.07. The van der Waals surface area contributed by atoms with Gasteiger partial charge in [-0.1, -0.05) is 24.8 Å². The van der Waals surface area contributed by atoms with Gasteiger partial charge >= 0.3 is 0 Å². The molecule has 0 atom stereocenters. The van der Waals surface area contributed by atoms with E-state index >= 15 is 0 Å². The van der Waals surface area contributed by atoms with Crippen LogP contribution in [0.4, 0.5) is 0 Å². The minimum absolute atomic E-state index is 0.552. The van der Waals surface area contributed by atoms with Gasteiger partial charge in [-0.25, -0.2) is 0 Å². The number of benzene rings is 1. The van der Waals surface area contributed by atoms with E-state index in [0.717, 1.165) is 11.0 Å². The lowest BCUT2D eigenvalue weighted by Crippen LogP contribution is -1.79. The fourth-order valence-corrected chi connectivity index (χ4v) is 1.22. The van der Waals surface area contributed by atoms with Crippen molar-refractivity contribution >= 4 is 16.7 Å². The number of fused-ring (bicyclic) bond motifs is 1. The molecule has 0 aliphatic carbocycles.